The molecule has 1 aliphatic rings. The third-order valence-electron chi connectivity index (χ3n) is 7.48. The van der Waals surface area contributed by atoms with Crippen molar-refractivity contribution in [2.75, 3.05) is 20.8 Å². The van der Waals surface area contributed by atoms with Crippen molar-refractivity contribution in [3.63, 3.8) is 0 Å². The highest BCUT2D eigenvalue weighted by atomic mass is 32.1. The number of nitro groups is 1. The van der Waals surface area contributed by atoms with Gasteiger partial charge in [-0.1, -0.05) is 35.6 Å². The number of methoxy groups -OCH3 is 2. The van der Waals surface area contributed by atoms with Crippen LogP contribution in [-0.4, -0.2) is 36.3 Å². The van der Waals surface area contributed by atoms with Crippen LogP contribution >= 0.6 is 11.3 Å². The van der Waals surface area contributed by atoms with E-state index in [1.165, 1.54) is 23.8 Å². The number of nitro benzene ring substituents is 1. The number of hydrogen-bond donors (Lipinski definition) is 0. The predicted molar refractivity (Wildman–Crippen MR) is 168 cm³/mol. The number of rotatable bonds is 8. The molecule has 11 nitrogen and oxygen atoms in total. The second-order valence-electron chi connectivity index (χ2n) is 10.1. The minimum atomic E-state index is -0.926. The highest BCUT2D eigenvalue weighted by Gasteiger charge is 2.36. The van der Waals surface area contributed by atoms with Crippen LogP contribution in [0.3, 0.4) is 0 Å². The van der Waals surface area contributed by atoms with E-state index in [0.29, 0.717) is 49.2 Å². The Labute approximate surface area is 260 Å². The van der Waals surface area contributed by atoms with Crippen molar-refractivity contribution in [2.24, 2.45) is 4.99 Å². The molecule has 0 unspecified atom stereocenters. The molecule has 12 heteroatoms. The molecule has 3 aromatic carbocycles. The van der Waals surface area contributed by atoms with Crippen LogP contribution in [0.2, 0.25) is 0 Å². The summed E-state index contributed by atoms with van der Waals surface area (Å²) in [4.78, 5) is 43.5. The third-order valence-corrected chi connectivity index (χ3v) is 8.47. The highest BCUT2D eigenvalue weighted by molar-refractivity contribution is 7.07. The van der Waals surface area contributed by atoms with Gasteiger partial charge in [0.25, 0.3) is 11.2 Å². The normalized spacial score (nSPS) is 14.7. The van der Waals surface area contributed by atoms with Gasteiger partial charge >= 0.3 is 5.97 Å². The molecule has 0 saturated carbocycles. The molecule has 0 saturated heterocycles. The number of esters is 1. The van der Waals surface area contributed by atoms with E-state index in [2.05, 4.69) is 4.99 Å². The standard InChI is InChI=1S/C33H27N3O8S/c1-5-43-32(38)28-18(2)34-33-35(30(28)29-24-16-22(41-3)11-9-19(24)10-13-26(29)42-4)31(37)27(45-33)17-23-12-14-25(44-23)20-7-6-8-21(15-20)36(39)40/h6-17,30H,5H2,1-4H3/b27-17-/t30-/m1/s1. The summed E-state index contributed by atoms with van der Waals surface area (Å²) in [5, 5.41) is 12.8. The molecule has 0 amide bonds. The lowest BCUT2D eigenvalue weighted by Crippen LogP contribution is -2.40. The van der Waals surface area contributed by atoms with Crippen molar-refractivity contribution in [1.82, 2.24) is 4.57 Å². The summed E-state index contributed by atoms with van der Waals surface area (Å²) < 4.78 is 24.5. The van der Waals surface area contributed by atoms with E-state index in [1.54, 1.807) is 57.4 Å². The summed E-state index contributed by atoms with van der Waals surface area (Å²) in [5.41, 5.74) is 1.29. The topological polar surface area (TPSA) is 135 Å². The minimum absolute atomic E-state index is 0.0620. The Morgan fingerprint density at radius 2 is 1.91 bits per heavy atom. The van der Waals surface area contributed by atoms with Crippen molar-refractivity contribution < 1.29 is 28.3 Å². The molecule has 3 heterocycles. The number of fused-ring (bicyclic) bond motifs is 2. The van der Waals surface area contributed by atoms with Crippen LogP contribution in [0.1, 0.15) is 31.2 Å². The first-order chi connectivity index (χ1) is 21.7. The zero-order chi connectivity index (χ0) is 31.8. The van der Waals surface area contributed by atoms with Gasteiger partial charge in [0, 0.05) is 29.3 Å². The van der Waals surface area contributed by atoms with E-state index in [4.69, 9.17) is 18.6 Å². The first-order valence-electron chi connectivity index (χ1n) is 13.9. The van der Waals surface area contributed by atoms with E-state index in [1.807, 2.05) is 24.3 Å². The van der Waals surface area contributed by atoms with Crippen LogP contribution in [0.4, 0.5) is 5.69 Å². The van der Waals surface area contributed by atoms with Gasteiger partial charge in [-0.15, -0.1) is 0 Å². The number of nitrogens with zero attached hydrogens (tertiary/aromatic N) is 3. The average Bonchev–Trinajstić information content (AvgIpc) is 3.63. The summed E-state index contributed by atoms with van der Waals surface area (Å²) in [6, 6.07) is 17.8. The number of non-ortho nitro benzene ring substituents is 1. The summed E-state index contributed by atoms with van der Waals surface area (Å²) >= 11 is 1.15. The van der Waals surface area contributed by atoms with Crippen molar-refractivity contribution in [1.29, 1.82) is 0 Å². The Bertz CT molecular complexity index is 2200. The molecule has 228 valence electrons. The fourth-order valence-electron chi connectivity index (χ4n) is 5.44. The van der Waals surface area contributed by atoms with Gasteiger partial charge < -0.3 is 18.6 Å². The van der Waals surface area contributed by atoms with Crippen LogP contribution < -0.4 is 24.4 Å². The Morgan fingerprint density at radius 1 is 1.11 bits per heavy atom. The van der Waals surface area contributed by atoms with Gasteiger partial charge in [0.05, 0.1) is 41.6 Å². The molecule has 45 heavy (non-hydrogen) atoms. The molecule has 1 aliphatic heterocycles. The van der Waals surface area contributed by atoms with Crippen LogP contribution in [0, 0.1) is 10.1 Å². The number of carbonyl (C=O) groups excluding carboxylic acids is 1. The maximum Gasteiger partial charge on any atom is 0.338 e. The summed E-state index contributed by atoms with van der Waals surface area (Å²) in [7, 11) is 3.10. The van der Waals surface area contributed by atoms with Gasteiger partial charge in [0.2, 0.25) is 0 Å². The lowest BCUT2D eigenvalue weighted by atomic mass is 9.90. The molecular formula is C33H27N3O8S. The number of aromatic nitrogens is 1. The zero-order valence-electron chi connectivity index (χ0n) is 24.7. The van der Waals surface area contributed by atoms with Crippen molar-refractivity contribution in [3.05, 3.63) is 119 Å². The molecular weight excluding hydrogens is 598 g/mol. The zero-order valence-corrected chi connectivity index (χ0v) is 25.5. The number of ether oxygens (including phenoxy) is 3. The molecule has 5 aromatic rings. The second kappa shape index (κ2) is 11.9. The van der Waals surface area contributed by atoms with E-state index < -0.39 is 22.5 Å². The Hall–Kier alpha value is -5.49. The first-order valence-corrected chi connectivity index (χ1v) is 14.7. The van der Waals surface area contributed by atoms with E-state index >= 15 is 0 Å². The maximum atomic E-state index is 14.2. The van der Waals surface area contributed by atoms with E-state index in [0.717, 1.165) is 22.1 Å². The van der Waals surface area contributed by atoms with Gasteiger partial charge in [-0.05, 0) is 55.0 Å². The fourth-order valence-corrected chi connectivity index (χ4v) is 6.47. The molecule has 6 rings (SSSR count). The summed E-state index contributed by atoms with van der Waals surface area (Å²) in [6.45, 7) is 3.57. The first kappa shape index (κ1) is 29.6. The summed E-state index contributed by atoms with van der Waals surface area (Å²) in [5.74, 6) is 1.25. The second-order valence-corrected chi connectivity index (χ2v) is 11.1. The van der Waals surface area contributed by atoms with Gasteiger partial charge in [-0.25, -0.2) is 9.79 Å². The van der Waals surface area contributed by atoms with Crippen LogP contribution in [0.25, 0.3) is 28.2 Å². The van der Waals surface area contributed by atoms with Crippen LogP contribution in [-0.2, 0) is 9.53 Å². The van der Waals surface area contributed by atoms with Gasteiger partial charge in [0.15, 0.2) is 4.80 Å². The largest absolute Gasteiger partial charge is 0.497 e. The van der Waals surface area contributed by atoms with Crippen molar-refractivity contribution in [2.45, 2.75) is 19.9 Å². The molecule has 0 N–H and O–H groups in total. The predicted octanol–water partition coefficient (Wildman–Crippen LogP) is 5.14. The molecule has 0 fully saturated rings. The monoisotopic (exact) mass is 625 g/mol. The Morgan fingerprint density at radius 3 is 2.64 bits per heavy atom. The average molecular weight is 626 g/mol. The SMILES string of the molecule is CCOC(=O)C1=C(C)N=c2s/c(=C\c3ccc(-c4cccc([N+](=O)[O-])c4)o3)c(=O)n2[C@H]1c1c(OC)ccc2ccc(OC)cc12. The molecule has 1 atom stereocenters. The number of benzene rings is 3. The van der Waals surface area contributed by atoms with Crippen LogP contribution in [0.15, 0.2) is 92.2 Å². The Balaban J connectivity index is 1.56. The number of furan rings is 1. The number of hydrogen-bond acceptors (Lipinski definition) is 10. The lowest BCUT2D eigenvalue weighted by molar-refractivity contribution is -0.384. The molecule has 0 aliphatic carbocycles. The van der Waals surface area contributed by atoms with Crippen molar-refractivity contribution in [3.8, 4) is 22.8 Å². The van der Waals surface area contributed by atoms with Gasteiger partial charge in [-0.2, -0.15) is 0 Å². The number of carbonyl (C=O) groups is 1. The van der Waals surface area contributed by atoms with Gasteiger partial charge in [-0.3, -0.25) is 19.5 Å². The Kier molecular flexibility index (Phi) is 7.81. The molecule has 0 spiro atoms. The van der Waals surface area contributed by atoms with Gasteiger partial charge in [0.1, 0.15) is 29.1 Å². The lowest BCUT2D eigenvalue weighted by Gasteiger charge is -2.27. The van der Waals surface area contributed by atoms with E-state index in [9.17, 15) is 19.7 Å². The maximum absolute atomic E-state index is 14.2. The van der Waals surface area contributed by atoms with Crippen LogP contribution in [0.5, 0.6) is 11.5 Å². The van der Waals surface area contributed by atoms with E-state index in [-0.39, 0.29) is 17.9 Å². The van der Waals surface area contributed by atoms with Crippen molar-refractivity contribution >= 4 is 39.8 Å². The number of thiazole rings is 1. The summed E-state index contributed by atoms with van der Waals surface area (Å²) in [6.07, 6.45) is 1.59. The molecule has 2 aromatic heterocycles. The quantitative estimate of drug-likeness (QED) is 0.131. The smallest absolute Gasteiger partial charge is 0.338 e. The molecule has 0 radical (unpaired) electrons. The number of allylic oxidation sites excluding steroid dienone is 1. The fraction of sp³-hybridized carbons (Fsp3) is 0.182. The highest BCUT2D eigenvalue weighted by Crippen LogP contribution is 2.41. The third kappa shape index (κ3) is 5.29. The minimum Gasteiger partial charge on any atom is -0.497 e. The molecule has 0 bridgehead atoms.